The lowest BCUT2D eigenvalue weighted by molar-refractivity contribution is 0.254. The van der Waals surface area contributed by atoms with Crippen molar-refractivity contribution in [1.82, 2.24) is 10.3 Å². The van der Waals surface area contributed by atoms with Gasteiger partial charge in [0.05, 0.1) is 0 Å². The third kappa shape index (κ3) is 2.54. The van der Waals surface area contributed by atoms with E-state index in [1.54, 1.807) is 30.6 Å². The average molecular weight is 245 g/mol. The van der Waals surface area contributed by atoms with Crippen molar-refractivity contribution in [3.63, 3.8) is 0 Å². The molecule has 0 unspecified atom stereocenters. The number of hydrogen-bond donors (Lipinski definition) is 2. The Hall–Kier alpha value is -2.63. The topological polar surface area (TPSA) is 84.2 Å². The summed E-state index contributed by atoms with van der Waals surface area (Å²) in [6.07, 6.45) is 3.22. The molecule has 0 aliphatic carbocycles. The van der Waals surface area contributed by atoms with Crippen molar-refractivity contribution in [1.29, 1.82) is 0 Å². The van der Waals surface area contributed by atoms with Crippen LogP contribution in [-0.2, 0) is 0 Å². The van der Waals surface area contributed by atoms with Crippen LogP contribution < -0.4 is 16.3 Å². The summed E-state index contributed by atoms with van der Waals surface area (Å²) in [5.41, 5.74) is 0.169. The van der Waals surface area contributed by atoms with Gasteiger partial charge in [-0.15, -0.1) is 0 Å². The lowest BCUT2D eigenvalue weighted by Gasteiger charge is -2.04. The molecular weight excluding hydrogens is 234 g/mol. The molecule has 0 aliphatic heterocycles. The van der Waals surface area contributed by atoms with Gasteiger partial charge in [0, 0.05) is 25.0 Å². The molecule has 92 valence electrons. The summed E-state index contributed by atoms with van der Waals surface area (Å²) in [5, 5.41) is 4.71. The average Bonchev–Trinajstić information content (AvgIpc) is 2.42. The van der Waals surface area contributed by atoms with E-state index in [9.17, 15) is 9.59 Å². The maximum absolute atomic E-state index is 11.6. The van der Waals surface area contributed by atoms with E-state index in [4.69, 9.17) is 4.42 Å². The minimum atomic E-state index is -0.611. The van der Waals surface area contributed by atoms with Gasteiger partial charge in [-0.25, -0.2) is 9.59 Å². The van der Waals surface area contributed by atoms with Crippen molar-refractivity contribution in [3.8, 4) is 11.3 Å². The number of aromatic nitrogens is 1. The monoisotopic (exact) mass is 245 g/mol. The molecule has 6 nitrogen and oxygen atoms in total. The molecule has 6 heteroatoms. The number of urea groups is 1. The molecule has 2 aromatic rings. The first-order chi connectivity index (χ1) is 8.70. The van der Waals surface area contributed by atoms with Crippen LogP contribution in [0, 0.1) is 0 Å². The van der Waals surface area contributed by atoms with Crippen molar-refractivity contribution in [3.05, 3.63) is 47.1 Å². The van der Waals surface area contributed by atoms with E-state index < -0.39 is 11.7 Å². The highest BCUT2D eigenvalue weighted by Gasteiger charge is 2.07. The van der Waals surface area contributed by atoms with Crippen molar-refractivity contribution in [2.75, 3.05) is 12.4 Å². The van der Waals surface area contributed by atoms with Crippen molar-refractivity contribution >= 4 is 11.7 Å². The second-order valence-corrected chi connectivity index (χ2v) is 3.45. The quantitative estimate of drug-likeness (QED) is 0.838. The van der Waals surface area contributed by atoms with E-state index in [-0.39, 0.29) is 5.69 Å². The highest BCUT2D eigenvalue weighted by Crippen LogP contribution is 2.17. The smallest absolute Gasteiger partial charge is 0.360 e. The maximum atomic E-state index is 11.6. The van der Waals surface area contributed by atoms with Crippen molar-refractivity contribution in [2.45, 2.75) is 0 Å². The minimum Gasteiger partial charge on any atom is -0.421 e. The summed E-state index contributed by atoms with van der Waals surface area (Å²) in [6, 6.07) is 6.13. The predicted octanol–water partition coefficient (Wildman–Crippen LogP) is 1.45. The number of hydrogen-bond acceptors (Lipinski definition) is 4. The lowest BCUT2D eigenvalue weighted by atomic mass is 10.2. The van der Waals surface area contributed by atoms with Crippen LogP contribution in [0.25, 0.3) is 11.3 Å². The molecule has 2 rings (SSSR count). The third-order valence-electron chi connectivity index (χ3n) is 2.25. The Labute approximate surface area is 103 Å². The number of carbonyl (C=O) groups is 1. The van der Waals surface area contributed by atoms with Gasteiger partial charge in [-0.3, -0.25) is 4.98 Å². The fraction of sp³-hybridized carbons (Fsp3) is 0.0833. The molecule has 2 aromatic heterocycles. The Kier molecular flexibility index (Phi) is 3.38. The highest BCUT2D eigenvalue weighted by molar-refractivity contribution is 5.88. The number of nitrogens with zero attached hydrogens (tertiary/aromatic N) is 1. The van der Waals surface area contributed by atoms with Crippen LogP contribution in [0.4, 0.5) is 10.5 Å². The first kappa shape index (κ1) is 11.8. The first-order valence-corrected chi connectivity index (χ1v) is 5.24. The molecule has 2 N–H and O–H groups in total. The van der Waals surface area contributed by atoms with E-state index in [1.165, 1.54) is 13.1 Å². The number of nitrogens with one attached hydrogen (secondary N) is 2. The molecule has 0 atom stereocenters. The molecule has 2 heterocycles. The van der Waals surface area contributed by atoms with Gasteiger partial charge in [0.15, 0.2) is 0 Å². The predicted molar refractivity (Wildman–Crippen MR) is 66.3 cm³/mol. The molecule has 0 fully saturated rings. The van der Waals surface area contributed by atoms with Crippen molar-refractivity contribution in [2.24, 2.45) is 0 Å². The lowest BCUT2D eigenvalue weighted by Crippen LogP contribution is -2.27. The van der Waals surface area contributed by atoms with E-state index in [0.29, 0.717) is 11.3 Å². The summed E-state index contributed by atoms with van der Waals surface area (Å²) < 4.78 is 5.10. The van der Waals surface area contributed by atoms with Gasteiger partial charge in [0.2, 0.25) is 0 Å². The van der Waals surface area contributed by atoms with Crippen LogP contribution in [0.5, 0.6) is 0 Å². The van der Waals surface area contributed by atoms with Gasteiger partial charge in [-0.2, -0.15) is 0 Å². The van der Waals surface area contributed by atoms with Crippen LogP contribution in [0.2, 0.25) is 0 Å². The van der Waals surface area contributed by atoms with Crippen LogP contribution in [0.15, 0.2) is 45.9 Å². The van der Waals surface area contributed by atoms with E-state index in [1.807, 2.05) is 0 Å². The molecule has 2 amide bonds. The Morgan fingerprint density at radius 3 is 2.78 bits per heavy atom. The van der Waals surface area contributed by atoms with E-state index in [2.05, 4.69) is 15.6 Å². The fourth-order valence-corrected chi connectivity index (χ4v) is 1.36. The molecule has 0 spiro atoms. The van der Waals surface area contributed by atoms with Gasteiger partial charge in [-0.05, 0) is 24.3 Å². The summed E-state index contributed by atoms with van der Waals surface area (Å²) in [5.74, 6) is 0.399. The number of rotatable bonds is 2. The molecular formula is C12H11N3O3. The summed E-state index contributed by atoms with van der Waals surface area (Å²) in [7, 11) is 1.46. The van der Waals surface area contributed by atoms with Crippen LogP contribution in [0.1, 0.15) is 0 Å². The van der Waals surface area contributed by atoms with Gasteiger partial charge in [0.1, 0.15) is 11.4 Å². The molecule has 0 radical (unpaired) electrons. The number of pyridine rings is 1. The third-order valence-corrected chi connectivity index (χ3v) is 2.25. The summed E-state index contributed by atoms with van der Waals surface area (Å²) >= 11 is 0. The maximum Gasteiger partial charge on any atom is 0.360 e. The first-order valence-electron chi connectivity index (χ1n) is 5.24. The fourth-order valence-electron chi connectivity index (χ4n) is 1.36. The summed E-state index contributed by atoms with van der Waals surface area (Å²) in [6.45, 7) is 0. The van der Waals surface area contributed by atoms with Gasteiger partial charge in [-0.1, -0.05) is 0 Å². The van der Waals surface area contributed by atoms with Crippen LogP contribution in [-0.4, -0.2) is 18.1 Å². The summed E-state index contributed by atoms with van der Waals surface area (Å²) in [4.78, 5) is 26.6. The Morgan fingerprint density at radius 2 is 2.17 bits per heavy atom. The normalized spacial score (nSPS) is 9.83. The Balaban J connectivity index is 2.31. The second kappa shape index (κ2) is 5.13. The zero-order valence-corrected chi connectivity index (χ0v) is 9.64. The van der Waals surface area contributed by atoms with Gasteiger partial charge < -0.3 is 15.1 Å². The van der Waals surface area contributed by atoms with E-state index >= 15 is 0 Å². The largest absolute Gasteiger partial charge is 0.421 e. The molecule has 0 aromatic carbocycles. The number of carbonyl (C=O) groups excluding carboxylic acids is 1. The Morgan fingerprint density at radius 1 is 1.33 bits per heavy atom. The molecule has 0 bridgehead atoms. The van der Waals surface area contributed by atoms with E-state index in [0.717, 1.165) is 0 Å². The standard InChI is InChI=1S/C12H11N3O3/c1-13-12(17)15-9-4-5-10(18-11(9)16)8-3-2-6-14-7-8/h2-7H,1H3,(H2,13,15,17). The van der Waals surface area contributed by atoms with Gasteiger partial charge >= 0.3 is 11.7 Å². The van der Waals surface area contributed by atoms with Crippen LogP contribution in [0.3, 0.4) is 0 Å². The Bertz CT molecular complexity index is 607. The molecule has 0 aliphatic rings. The molecule has 0 saturated carbocycles. The highest BCUT2D eigenvalue weighted by atomic mass is 16.4. The molecule has 0 saturated heterocycles. The molecule has 18 heavy (non-hydrogen) atoms. The second-order valence-electron chi connectivity index (χ2n) is 3.45. The minimum absolute atomic E-state index is 0.0852. The zero-order valence-electron chi connectivity index (χ0n) is 9.64. The van der Waals surface area contributed by atoms with Crippen molar-refractivity contribution < 1.29 is 9.21 Å². The van der Waals surface area contributed by atoms with Gasteiger partial charge in [0.25, 0.3) is 0 Å². The SMILES string of the molecule is CNC(=O)Nc1ccc(-c2cccnc2)oc1=O. The van der Waals surface area contributed by atoms with Crippen LogP contribution >= 0.6 is 0 Å². The number of anilines is 1. The number of amides is 2. The zero-order chi connectivity index (χ0) is 13.0.